The van der Waals surface area contributed by atoms with Gasteiger partial charge in [0.2, 0.25) is 5.79 Å². The second-order valence-electron chi connectivity index (χ2n) is 7.90. The van der Waals surface area contributed by atoms with E-state index in [0.717, 1.165) is 26.1 Å². The van der Waals surface area contributed by atoms with E-state index >= 15 is 0 Å². The summed E-state index contributed by atoms with van der Waals surface area (Å²) < 4.78 is 11.9. The fourth-order valence-corrected chi connectivity index (χ4v) is 3.58. The SMILES string of the molecule is CCCN(CC)CC1COC2(C=C(O)C(C(C)(C)C)CC2O)O1. The predicted octanol–water partition coefficient (Wildman–Crippen LogP) is 2.70. The van der Waals surface area contributed by atoms with E-state index in [1.54, 1.807) is 6.08 Å². The molecule has 4 unspecified atom stereocenters. The van der Waals surface area contributed by atoms with E-state index < -0.39 is 11.9 Å². The first-order valence-electron chi connectivity index (χ1n) is 8.85. The van der Waals surface area contributed by atoms with Crippen LogP contribution in [0.25, 0.3) is 0 Å². The Hall–Kier alpha value is -0.620. The highest BCUT2D eigenvalue weighted by atomic mass is 16.8. The molecule has 2 aliphatic rings. The molecule has 0 aromatic heterocycles. The average Bonchev–Trinajstić information content (AvgIpc) is 2.85. The summed E-state index contributed by atoms with van der Waals surface area (Å²) in [4.78, 5) is 2.32. The molecule has 5 heteroatoms. The summed E-state index contributed by atoms with van der Waals surface area (Å²) in [6.45, 7) is 13.7. The van der Waals surface area contributed by atoms with Crippen LogP contribution in [0, 0.1) is 11.3 Å². The Kier molecular flexibility index (Phi) is 5.77. The fraction of sp³-hybridized carbons (Fsp3) is 0.889. The summed E-state index contributed by atoms with van der Waals surface area (Å²) in [5.41, 5.74) is -0.110. The highest BCUT2D eigenvalue weighted by Gasteiger charge is 2.52. The van der Waals surface area contributed by atoms with Crippen LogP contribution in [0.15, 0.2) is 11.8 Å². The van der Waals surface area contributed by atoms with E-state index in [1.165, 1.54) is 0 Å². The molecule has 0 bridgehead atoms. The van der Waals surface area contributed by atoms with Gasteiger partial charge in [0.25, 0.3) is 0 Å². The molecule has 1 aliphatic carbocycles. The van der Waals surface area contributed by atoms with Crippen molar-refractivity contribution in [3.8, 4) is 0 Å². The first kappa shape index (κ1) is 18.7. The van der Waals surface area contributed by atoms with Crippen LogP contribution in [0.4, 0.5) is 0 Å². The Morgan fingerprint density at radius 2 is 2.04 bits per heavy atom. The molecule has 1 fully saturated rings. The average molecular weight is 327 g/mol. The highest BCUT2D eigenvalue weighted by molar-refractivity contribution is 5.17. The van der Waals surface area contributed by atoms with Crippen LogP contribution in [-0.4, -0.2) is 59.3 Å². The molecule has 134 valence electrons. The molecule has 0 radical (unpaired) electrons. The summed E-state index contributed by atoms with van der Waals surface area (Å²) in [5, 5.41) is 21.0. The van der Waals surface area contributed by atoms with Gasteiger partial charge in [0.15, 0.2) is 0 Å². The predicted molar refractivity (Wildman–Crippen MR) is 90.2 cm³/mol. The van der Waals surface area contributed by atoms with Crippen LogP contribution in [0.1, 0.15) is 47.5 Å². The lowest BCUT2D eigenvalue weighted by Gasteiger charge is -2.41. The smallest absolute Gasteiger partial charge is 0.218 e. The van der Waals surface area contributed by atoms with Crippen molar-refractivity contribution in [3.63, 3.8) is 0 Å². The summed E-state index contributed by atoms with van der Waals surface area (Å²) in [6, 6.07) is 0. The zero-order chi connectivity index (χ0) is 17.3. The first-order chi connectivity index (χ1) is 10.7. The van der Waals surface area contributed by atoms with Gasteiger partial charge in [0.05, 0.1) is 18.5 Å². The van der Waals surface area contributed by atoms with Gasteiger partial charge >= 0.3 is 0 Å². The molecule has 0 aromatic rings. The minimum absolute atomic E-state index is 0.0774. The third-order valence-electron chi connectivity index (χ3n) is 4.97. The zero-order valence-electron chi connectivity index (χ0n) is 15.2. The van der Waals surface area contributed by atoms with Crippen molar-refractivity contribution in [3.05, 3.63) is 11.8 Å². The van der Waals surface area contributed by atoms with Gasteiger partial charge in [-0.15, -0.1) is 0 Å². The Labute approximate surface area is 140 Å². The molecular weight excluding hydrogens is 294 g/mol. The Balaban J connectivity index is 2.08. The fourth-order valence-electron chi connectivity index (χ4n) is 3.58. The van der Waals surface area contributed by atoms with Crippen molar-refractivity contribution in [2.24, 2.45) is 11.3 Å². The number of ether oxygens (including phenoxy) is 2. The lowest BCUT2D eigenvalue weighted by molar-refractivity contribution is -0.209. The Morgan fingerprint density at radius 1 is 1.35 bits per heavy atom. The van der Waals surface area contributed by atoms with Crippen LogP contribution < -0.4 is 0 Å². The molecule has 1 spiro atoms. The second kappa shape index (κ2) is 7.09. The van der Waals surface area contributed by atoms with Crippen LogP contribution in [0.2, 0.25) is 0 Å². The van der Waals surface area contributed by atoms with Crippen LogP contribution in [0.3, 0.4) is 0 Å². The number of allylic oxidation sites excluding steroid dienone is 1. The maximum Gasteiger partial charge on any atom is 0.218 e. The number of aliphatic hydroxyl groups excluding tert-OH is 2. The van der Waals surface area contributed by atoms with Crippen LogP contribution in [0.5, 0.6) is 0 Å². The van der Waals surface area contributed by atoms with Gasteiger partial charge in [-0.2, -0.15) is 0 Å². The van der Waals surface area contributed by atoms with Crippen molar-refractivity contribution in [2.45, 2.75) is 65.5 Å². The molecular formula is C18H33NO4. The normalized spacial score (nSPS) is 35.1. The molecule has 4 atom stereocenters. The molecule has 1 heterocycles. The molecule has 5 nitrogen and oxygen atoms in total. The quantitative estimate of drug-likeness (QED) is 0.813. The molecule has 0 amide bonds. The second-order valence-corrected chi connectivity index (χ2v) is 7.90. The van der Waals surface area contributed by atoms with E-state index in [1.807, 2.05) is 0 Å². The lowest BCUT2D eigenvalue weighted by Crippen LogP contribution is -2.49. The lowest BCUT2D eigenvalue weighted by atomic mass is 9.72. The Morgan fingerprint density at radius 3 is 2.61 bits per heavy atom. The van der Waals surface area contributed by atoms with Crippen molar-refractivity contribution >= 4 is 0 Å². The van der Waals surface area contributed by atoms with Crippen molar-refractivity contribution in [2.75, 3.05) is 26.2 Å². The Bertz CT molecular complexity index is 431. The monoisotopic (exact) mass is 327 g/mol. The standard InChI is InChI=1S/C18H33NO4/c1-6-8-19(7-2)11-13-12-22-18(23-13)10-15(20)14(9-16(18)21)17(3,4)5/h10,13-14,16,20-21H,6-9,11-12H2,1-5H3. The summed E-state index contributed by atoms with van der Waals surface area (Å²) in [5.74, 6) is -0.992. The van der Waals surface area contributed by atoms with E-state index in [-0.39, 0.29) is 23.2 Å². The zero-order valence-corrected chi connectivity index (χ0v) is 15.2. The summed E-state index contributed by atoms with van der Waals surface area (Å²) in [6.07, 6.45) is 2.31. The maximum atomic E-state index is 10.6. The van der Waals surface area contributed by atoms with Crippen LogP contribution >= 0.6 is 0 Å². The molecule has 2 N–H and O–H groups in total. The van der Waals surface area contributed by atoms with E-state index in [2.05, 4.69) is 39.5 Å². The molecule has 2 rings (SSSR count). The number of nitrogens with zero attached hydrogens (tertiary/aromatic N) is 1. The largest absolute Gasteiger partial charge is 0.512 e. The number of hydrogen-bond acceptors (Lipinski definition) is 5. The number of rotatable bonds is 5. The minimum Gasteiger partial charge on any atom is -0.512 e. The number of aliphatic hydroxyl groups is 2. The number of hydrogen-bond donors (Lipinski definition) is 2. The molecule has 1 aliphatic heterocycles. The highest BCUT2D eigenvalue weighted by Crippen LogP contribution is 2.44. The van der Waals surface area contributed by atoms with Gasteiger partial charge in [-0.1, -0.05) is 34.6 Å². The minimum atomic E-state index is -1.18. The third-order valence-corrected chi connectivity index (χ3v) is 4.97. The molecule has 23 heavy (non-hydrogen) atoms. The van der Waals surface area contributed by atoms with Crippen molar-refractivity contribution < 1.29 is 19.7 Å². The summed E-state index contributed by atoms with van der Waals surface area (Å²) >= 11 is 0. The molecule has 1 saturated heterocycles. The maximum absolute atomic E-state index is 10.6. The van der Waals surface area contributed by atoms with Gasteiger partial charge in [0.1, 0.15) is 6.10 Å². The van der Waals surface area contributed by atoms with Gasteiger partial charge in [-0.25, -0.2) is 0 Å². The van der Waals surface area contributed by atoms with Gasteiger partial charge in [0, 0.05) is 18.5 Å². The van der Waals surface area contributed by atoms with Crippen molar-refractivity contribution in [1.29, 1.82) is 0 Å². The van der Waals surface area contributed by atoms with E-state index in [4.69, 9.17) is 9.47 Å². The van der Waals surface area contributed by atoms with E-state index in [9.17, 15) is 10.2 Å². The van der Waals surface area contributed by atoms with Gasteiger partial charge in [-0.3, -0.25) is 0 Å². The van der Waals surface area contributed by atoms with E-state index in [0.29, 0.717) is 13.0 Å². The first-order valence-corrected chi connectivity index (χ1v) is 8.85. The topological polar surface area (TPSA) is 62.2 Å². The van der Waals surface area contributed by atoms with Gasteiger partial charge in [-0.05, 0) is 31.3 Å². The third kappa shape index (κ3) is 4.08. The van der Waals surface area contributed by atoms with Crippen molar-refractivity contribution in [1.82, 2.24) is 4.90 Å². The summed E-state index contributed by atoms with van der Waals surface area (Å²) in [7, 11) is 0. The van der Waals surface area contributed by atoms with Gasteiger partial charge < -0.3 is 24.6 Å². The number of likely N-dealkylation sites (N-methyl/N-ethyl adjacent to an activating group) is 1. The molecule has 0 aromatic carbocycles. The molecule has 0 saturated carbocycles. The van der Waals surface area contributed by atoms with Crippen LogP contribution in [-0.2, 0) is 9.47 Å².